The molecule has 0 bridgehead atoms. The predicted octanol–water partition coefficient (Wildman–Crippen LogP) is 5.94. The van der Waals surface area contributed by atoms with Gasteiger partial charge in [-0.05, 0) is 48.0 Å². The van der Waals surface area contributed by atoms with Gasteiger partial charge in [-0.3, -0.25) is 4.79 Å². The van der Waals surface area contributed by atoms with Gasteiger partial charge in [0.25, 0.3) is 5.91 Å². The maximum absolute atomic E-state index is 13.4. The quantitative estimate of drug-likeness (QED) is 0.337. The molecule has 1 aromatic heterocycles. The van der Waals surface area contributed by atoms with Crippen LogP contribution in [0.4, 0.5) is 14.5 Å². The molecule has 0 aliphatic rings. The van der Waals surface area contributed by atoms with Crippen LogP contribution in [-0.4, -0.2) is 25.1 Å². The molecule has 3 aromatic carbocycles. The number of nitrogens with one attached hydrogen (secondary N) is 1. The largest absolute Gasteiger partial charge is 0.497 e. The Labute approximate surface area is 198 Å². The first kappa shape index (κ1) is 23.2. The van der Waals surface area contributed by atoms with Crippen molar-refractivity contribution in [3.63, 3.8) is 0 Å². The van der Waals surface area contributed by atoms with Crippen LogP contribution >= 0.6 is 11.3 Å². The second kappa shape index (κ2) is 10.3. The molecule has 174 valence electrons. The maximum atomic E-state index is 13.4. The van der Waals surface area contributed by atoms with E-state index in [1.165, 1.54) is 24.5 Å². The average Bonchev–Trinajstić information content (AvgIpc) is 3.35. The molecule has 0 saturated carbocycles. The van der Waals surface area contributed by atoms with Gasteiger partial charge in [0.05, 0.1) is 14.2 Å². The van der Waals surface area contributed by atoms with Crippen molar-refractivity contribution in [2.24, 2.45) is 0 Å². The van der Waals surface area contributed by atoms with Crippen LogP contribution in [0.25, 0.3) is 10.6 Å². The van der Waals surface area contributed by atoms with Crippen LogP contribution in [-0.2, 0) is 6.61 Å². The number of rotatable bonds is 8. The predicted molar refractivity (Wildman–Crippen MR) is 126 cm³/mol. The number of thiazole rings is 1. The molecule has 1 N–H and O–H groups in total. The average molecular weight is 483 g/mol. The van der Waals surface area contributed by atoms with E-state index in [2.05, 4.69) is 10.3 Å². The maximum Gasteiger partial charge on any atom is 0.275 e. The van der Waals surface area contributed by atoms with Gasteiger partial charge in [0.1, 0.15) is 23.1 Å². The van der Waals surface area contributed by atoms with Gasteiger partial charge in [0.2, 0.25) is 0 Å². The number of ether oxygens (including phenoxy) is 3. The van der Waals surface area contributed by atoms with Crippen molar-refractivity contribution in [3.8, 4) is 27.8 Å². The fourth-order valence-electron chi connectivity index (χ4n) is 3.12. The van der Waals surface area contributed by atoms with Crippen molar-refractivity contribution in [1.82, 2.24) is 4.98 Å². The highest BCUT2D eigenvalue weighted by Crippen LogP contribution is 2.34. The van der Waals surface area contributed by atoms with Gasteiger partial charge in [-0.15, -0.1) is 11.3 Å². The fraction of sp³-hybridized carbons (Fsp3) is 0.120. The highest BCUT2D eigenvalue weighted by molar-refractivity contribution is 7.13. The SMILES string of the molecule is COc1cccc(NC(=O)c2csc(-c3ccc(OCc4ccc(F)c(F)c4)c(OC)c3)n2)c1. The minimum atomic E-state index is -0.932. The van der Waals surface area contributed by atoms with E-state index >= 15 is 0 Å². The number of carbonyl (C=O) groups excluding carboxylic acids is 1. The molecule has 4 aromatic rings. The number of carbonyl (C=O) groups is 1. The van der Waals surface area contributed by atoms with Crippen molar-refractivity contribution in [3.05, 3.63) is 88.9 Å². The molecule has 6 nitrogen and oxygen atoms in total. The van der Waals surface area contributed by atoms with Gasteiger partial charge in [-0.25, -0.2) is 13.8 Å². The number of halogens is 2. The Morgan fingerprint density at radius 2 is 1.82 bits per heavy atom. The monoisotopic (exact) mass is 482 g/mol. The molecule has 0 atom stereocenters. The minimum Gasteiger partial charge on any atom is -0.497 e. The lowest BCUT2D eigenvalue weighted by Gasteiger charge is -2.12. The summed E-state index contributed by atoms with van der Waals surface area (Å²) in [7, 11) is 3.05. The van der Waals surface area contributed by atoms with Crippen LogP contribution in [0, 0.1) is 11.6 Å². The smallest absolute Gasteiger partial charge is 0.275 e. The van der Waals surface area contributed by atoms with Crippen LogP contribution < -0.4 is 19.5 Å². The normalized spacial score (nSPS) is 10.6. The van der Waals surface area contributed by atoms with Gasteiger partial charge in [0.15, 0.2) is 23.1 Å². The van der Waals surface area contributed by atoms with E-state index in [4.69, 9.17) is 14.2 Å². The molecular formula is C25H20F2N2O4S. The number of aromatic nitrogens is 1. The number of methoxy groups -OCH3 is 2. The van der Waals surface area contributed by atoms with Crippen LogP contribution in [0.2, 0.25) is 0 Å². The molecule has 0 radical (unpaired) electrons. The summed E-state index contributed by atoms with van der Waals surface area (Å²) in [6, 6.07) is 15.9. The van der Waals surface area contributed by atoms with Gasteiger partial charge in [-0.1, -0.05) is 12.1 Å². The third-order valence-corrected chi connectivity index (χ3v) is 5.74. The van der Waals surface area contributed by atoms with E-state index < -0.39 is 11.6 Å². The molecule has 0 aliphatic heterocycles. The first-order valence-electron chi connectivity index (χ1n) is 10.1. The molecule has 0 aliphatic carbocycles. The lowest BCUT2D eigenvalue weighted by atomic mass is 10.2. The van der Waals surface area contributed by atoms with E-state index in [0.29, 0.717) is 33.5 Å². The van der Waals surface area contributed by atoms with E-state index in [0.717, 1.165) is 17.7 Å². The number of amides is 1. The highest BCUT2D eigenvalue weighted by Gasteiger charge is 2.15. The van der Waals surface area contributed by atoms with E-state index in [9.17, 15) is 13.6 Å². The van der Waals surface area contributed by atoms with E-state index in [-0.39, 0.29) is 18.2 Å². The zero-order valence-corrected chi connectivity index (χ0v) is 19.1. The van der Waals surface area contributed by atoms with E-state index in [1.54, 1.807) is 55.0 Å². The van der Waals surface area contributed by atoms with Crippen LogP contribution in [0.1, 0.15) is 16.1 Å². The summed E-state index contributed by atoms with van der Waals surface area (Å²) in [5.41, 5.74) is 2.10. The molecule has 9 heteroatoms. The topological polar surface area (TPSA) is 69.7 Å². The van der Waals surface area contributed by atoms with Gasteiger partial charge >= 0.3 is 0 Å². The van der Waals surface area contributed by atoms with Crippen molar-refractivity contribution >= 4 is 22.9 Å². The zero-order chi connectivity index (χ0) is 24.1. The van der Waals surface area contributed by atoms with Crippen LogP contribution in [0.3, 0.4) is 0 Å². The molecule has 34 heavy (non-hydrogen) atoms. The van der Waals surface area contributed by atoms with Gasteiger partial charge < -0.3 is 19.5 Å². The lowest BCUT2D eigenvalue weighted by molar-refractivity contribution is 0.102. The number of benzene rings is 3. The van der Waals surface area contributed by atoms with Gasteiger partial charge in [0, 0.05) is 22.7 Å². The van der Waals surface area contributed by atoms with Crippen LogP contribution in [0.5, 0.6) is 17.2 Å². The summed E-state index contributed by atoms with van der Waals surface area (Å²) >= 11 is 1.32. The molecular weight excluding hydrogens is 462 g/mol. The van der Waals surface area contributed by atoms with Crippen molar-refractivity contribution < 1.29 is 27.8 Å². The van der Waals surface area contributed by atoms with Crippen molar-refractivity contribution in [2.75, 3.05) is 19.5 Å². The first-order valence-corrected chi connectivity index (χ1v) is 11.0. The molecule has 0 fully saturated rings. The Hall–Kier alpha value is -3.98. The van der Waals surface area contributed by atoms with Crippen molar-refractivity contribution in [2.45, 2.75) is 6.61 Å². The Morgan fingerprint density at radius 3 is 2.59 bits per heavy atom. The highest BCUT2D eigenvalue weighted by atomic mass is 32.1. The second-order valence-electron chi connectivity index (χ2n) is 7.13. The Balaban J connectivity index is 1.47. The standard InChI is InChI=1S/C25H20F2N2O4S/c1-31-18-5-3-4-17(12-18)28-24(30)21-14-34-25(29-21)16-7-9-22(23(11-16)32-2)33-13-15-6-8-19(26)20(27)10-15/h3-12,14H,13H2,1-2H3,(H,28,30). The third-order valence-electron chi connectivity index (χ3n) is 4.85. The summed E-state index contributed by atoms with van der Waals surface area (Å²) in [5, 5.41) is 5.10. The van der Waals surface area contributed by atoms with Crippen molar-refractivity contribution in [1.29, 1.82) is 0 Å². The lowest BCUT2D eigenvalue weighted by Crippen LogP contribution is -2.12. The molecule has 0 spiro atoms. The van der Waals surface area contributed by atoms with Crippen LogP contribution in [0.15, 0.2) is 66.0 Å². The molecule has 4 rings (SSSR count). The Morgan fingerprint density at radius 1 is 0.971 bits per heavy atom. The summed E-state index contributed by atoms with van der Waals surface area (Å²) < 4.78 is 42.8. The minimum absolute atomic E-state index is 0.0404. The molecule has 0 saturated heterocycles. The Bertz CT molecular complexity index is 1330. The zero-order valence-electron chi connectivity index (χ0n) is 18.3. The Kier molecular flexibility index (Phi) is 7.03. The molecule has 0 unspecified atom stereocenters. The summed E-state index contributed by atoms with van der Waals surface area (Å²) in [6.07, 6.45) is 0. The van der Waals surface area contributed by atoms with Gasteiger partial charge in [-0.2, -0.15) is 0 Å². The molecule has 1 amide bonds. The summed E-state index contributed by atoms with van der Waals surface area (Å²) in [5.74, 6) is -0.671. The second-order valence-corrected chi connectivity index (χ2v) is 7.98. The number of hydrogen-bond acceptors (Lipinski definition) is 6. The summed E-state index contributed by atoms with van der Waals surface area (Å²) in [4.78, 5) is 17.0. The summed E-state index contributed by atoms with van der Waals surface area (Å²) in [6.45, 7) is 0.0404. The van der Waals surface area contributed by atoms with E-state index in [1.807, 2.05) is 0 Å². The third kappa shape index (κ3) is 5.32. The number of hydrogen-bond donors (Lipinski definition) is 1. The fourth-order valence-corrected chi connectivity index (χ4v) is 3.91. The molecule has 1 heterocycles. The number of anilines is 1. The number of nitrogens with zero attached hydrogens (tertiary/aromatic N) is 1. The first-order chi connectivity index (χ1) is 16.5.